The number of hydrogen-bond acceptors (Lipinski definition) is 4. The highest BCUT2D eigenvalue weighted by Crippen LogP contribution is 2.22. The van der Waals surface area contributed by atoms with E-state index in [-0.39, 0.29) is 16.7 Å². The van der Waals surface area contributed by atoms with Gasteiger partial charge in [0.25, 0.3) is 10.0 Å². The van der Waals surface area contributed by atoms with E-state index in [1.165, 1.54) is 12.1 Å². The van der Waals surface area contributed by atoms with Crippen molar-refractivity contribution in [3.63, 3.8) is 0 Å². The van der Waals surface area contributed by atoms with Gasteiger partial charge in [0.15, 0.2) is 0 Å². The Balaban J connectivity index is 2.26. The van der Waals surface area contributed by atoms with E-state index in [0.29, 0.717) is 10.2 Å². The van der Waals surface area contributed by atoms with Crippen molar-refractivity contribution in [3.05, 3.63) is 40.5 Å². The molecule has 0 aliphatic carbocycles. The van der Waals surface area contributed by atoms with E-state index in [1.807, 2.05) is 13.8 Å². The number of anilines is 1. The largest absolute Gasteiger partial charge is 0.338 e. The van der Waals surface area contributed by atoms with Crippen molar-refractivity contribution in [2.45, 2.75) is 24.7 Å². The maximum atomic E-state index is 12.1. The number of halogens is 1. The van der Waals surface area contributed by atoms with Crippen molar-refractivity contribution < 1.29 is 12.9 Å². The lowest BCUT2D eigenvalue weighted by atomic mass is 10.1. The minimum Gasteiger partial charge on any atom is -0.338 e. The summed E-state index contributed by atoms with van der Waals surface area (Å²) in [5.74, 6) is 0.288. The zero-order chi connectivity index (χ0) is 14.0. The molecule has 0 radical (unpaired) electrons. The zero-order valence-corrected chi connectivity index (χ0v) is 12.8. The molecule has 19 heavy (non-hydrogen) atoms. The Hall–Kier alpha value is -1.34. The summed E-state index contributed by atoms with van der Waals surface area (Å²) in [5, 5.41) is 3.80. The van der Waals surface area contributed by atoms with Crippen LogP contribution in [0.2, 0.25) is 0 Å². The molecule has 1 aromatic carbocycles. The second-order valence-corrected chi connectivity index (χ2v) is 6.93. The lowest BCUT2D eigenvalue weighted by Crippen LogP contribution is -2.12. The number of benzene rings is 1. The number of sulfonamides is 1. The van der Waals surface area contributed by atoms with Gasteiger partial charge in [0.1, 0.15) is 0 Å². The van der Waals surface area contributed by atoms with Crippen LogP contribution >= 0.6 is 15.9 Å². The van der Waals surface area contributed by atoms with Gasteiger partial charge >= 0.3 is 0 Å². The molecule has 2 rings (SSSR count). The van der Waals surface area contributed by atoms with E-state index >= 15 is 0 Å². The quantitative estimate of drug-likeness (QED) is 0.922. The monoisotopic (exact) mass is 344 g/mol. The number of rotatable bonds is 4. The SMILES string of the molecule is CC(C)c1cc(NS(=O)(=O)c2cccc(Br)c2)on1. The molecule has 1 heterocycles. The predicted molar refractivity (Wildman–Crippen MR) is 75.5 cm³/mol. The fourth-order valence-electron chi connectivity index (χ4n) is 1.43. The minimum absolute atomic E-state index is 0.115. The first-order valence-corrected chi connectivity index (χ1v) is 7.91. The molecule has 0 unspecified atom stereocenters. The van der Waals surface area contributed by atoms with Crippen LogP contribution in [0.25, 0.3) is 0 Å². The van der Waals surface area contributed by atoms with Gasteiger partial charge in [0.2, 0.25) is 5.88 Å². The van der Waals surface area contributed by atoms with Crippen LogP contribution in [0.15, 0.2) is 44.2 Å². The molecule has 0 spiro atoms. The Labute approximate surface area is 120 Å². The Bertz CT molecular complexity index is 680. The van der Waals surface area contributed by atoms with E-state index < -0.39 is 10.0 Å². The van der Waals surface area contributed by atoms with E-state index in [4.69, 9.17) is 4.52 Å². The van der Waals surface area contributed by atoms with E-state index in [2.05, 4.69) is 25.8 Å². The van der Waals surface area contributed by atoms with Gasteiger partial charge in [-0.15, -0.1) is 0 Å². The van der Waals surface area contributed by atoms with Gasteiger partial charge in [0, 0.05) is 10.5 Å². The Morgan fingerprint density at radius 3 is 2.63 bits per heavy atom. The van der Waals surface area contributed by atoms with Crippen LogP contribution in [-0.2, 0) is 10.0 Å². The highest BCUT2D eigenvalue weighted by atomic mass is 79.9. The molecule has 5 nitrogen and oxygen atoms in total. The van der Waals surface area contributed by atoms with Crippen molar-refractivity contribution in [2.24, 2.45) is 0 Å². The molecule has 0 bridgehead atoms. The van der Waals surface area contributed by atoms with Crippen LogP contribution in [0.3, 0.4) is 0 Å². The molecule has 0 atom stereocenters. The van der Waals surface area contributed by atoms with E-state index in [9.17, 15) is 8.42 Å². The van der Waals surface area contributed by atoms with Crippen LogP contribution in [0.1, 0.15) is 25.5 Å². The molecular formula is C12H13BrN2O3S. The summed E-state index contributed by atoms with van der Waals surface area (Å²) in [6.45, 7) is 3.90. The van der Waals surface area contributed by atoms with Crippen LogP contribution in [0.5, 0.6) is 0 Å². The van der Waals surface area contributed by atoms with Gasteiger partial charge in [0.05, 0.1) is 10.6 Å². The fourth-order valence-corrected chi connectivity index (χ4v) is 3.00. The molecule has 0 saturated heterocycles. The first kappa shape index (κ1) is 14.1. The van der Waals surface area contributed by atoms with Gasteiger partial charge in [-0.1, -0.05) is 41.0 Å². The molecule has 0 amide bonds. The van der Waals surface area contributed by atoms with Crippen molar-refractivity contribution in [1.82, 2.24) is 5.16 Å². The van der Waals surface area contributed by atoms with Gasteiger partial charge in [-0.3, -0.25) is 0 Å². The Morgan fingerprint density at radius 2 is 2.05 bits per heavy atom. The highest BCUT2D eigenvalue weighted by molar-refractivity contribution is 9.10. The summed E-state index contributed by atoms with van der Waals surface area (Å²) < 4.78 is 32.2. The van der Waals surface area contributed by atoms with Crippen LogP contribution in [0, 0.1) is 0 Å². The second kappa shape index (κ2) is 5.34. The lowest BCUT2D eigenvalue weighted by Gasteiger charge is -2.04. The van der Waals surface area contributed by atoms with Crippen LogP contribution in [-0.4, -0.2) is 13.6 Å². The number of nitrogens with zero attached hydrogens (tertiary/aromatic N) is 1. The third kappa shape index (κ3) is 3.36. The van der Waals surface area contributed by atoms with Gasteiger partial charge < -0.3 is 4.52 Å². The topological polar surface area (TPSA) is 72.2 Å². The van der Waals surface area contributed by atoms with Crippen molar-refractivity contribution >= 4 is 31.8 Å². The van der Waals surface area contributed by atoms with Crippen molar-refractivity contribution in [1.29, 1.82) is 0 Å². The smallest absolute Gasteiger partial charge is 0.264 e. The van der Waals surface area contributed by atoms with E-state index in [0.717, 1.165) is 0 Å². The first-order valence-electron chi connectivity index (χ1n) is 5.63. The number of nitrogens with one attached hydrogen (secondary N) is 1. The minimum atomic E-state index is -3.66. The molecule has 2 aromatic rings. The zero-order valence-electron chi connectivity index (χ0n) is 10.4. The normalized spacial score (nSPS) is 11.8. The fraction of sp³-hybridized carbons (Fsp3) is 0.250. The molecular weight excluding hydrogens is 332 g/mol. The van der Waals surface area contributed by atoms with Crippen molar-refractivity contribution in [2.75, 3.05) is 4.72 Å². The molecule has 0 fully saturated rings. The summed E-state index contributed by atoms with van der Waals surface area (Å²) in [4.78, 5) is 0.157. The summed E-state index contributed by atoms with van der Waals surface area (Å²) >= 11 is 3.24. The molecule has 1 aromatic heterocycles. The third-order valence-electron chi connectivity index (χ3n) is 2.46. The Morgan fingerprint density at radius 1 is 1.32 bits per heavy atom. The molecule has 1 N–H and O–H groups in total. The average molecular weight is 345 g/mol. The summed E-state index contributed by atoms with van der Waals surface area (Å²) in [6.07, 6.45) is 0. The van der Waals surface area contributed by atoms with Gasteiger partial charge in [-0.05, 0) is 24.1 Å². The average Bonchev–Trinajstić information content (AvgIpc) is 2.77. The van der Waals surface area contributed by atoms with Crippen LogP contribution in [0.4, 0.5) is 5.88 Å². The molecule has 0 aliphatic heterocycles. The number of aromatic nitrogens is 1. The maximum Gasteiger partial charge on any atom is 0.264 e. The Kier molecular flexibility index (Phi) is 3.96. The molecule has 7 heteroatoms. The molecule has 102 valence electrons. The summed E-state index contributed by atoms with van der Waals surface area (Å²) in [7, 11) is -3.66. The first-order chi connectivity index (χ1) is 8.88. The standard InChI is InChI=1S/C12H13BrN2O3S/c1-8(2)11-7-12(18-14-11)15-19(16,17)10-5-3-4-9(13)6-10/h3-8,15H,1-2H3. The van der Waals surface area contributed by atoms with Crippen LogP contribution < -0.4 is 4.72 Å². The highest BCUT2D eigenvalue weighted by Gasteiger charge is 2.17. The number of hydrogen-bond donors (Lipinski definition) is 1. The summed E-state index contributed by atoms with van der Waals surface area (Å²) in [5.41, 5.74) is 0.701. The lowest BCUT2D eigenvalue weighted by molar-refractivity contribution is 0.423. The maximum absolute atomic E-state index is 12.1. The molecule has 0 aliphatic rings. The van der Waals surface area contributed by atoms with Gasteiger partial charge in [-0.2, -0.15) is 0 Å². The van der Waals surface area contributed by atoms with Crippen molar-refractivity contribution in [3.8, 4) is 0 Å². The van der Waals surface area contributed by atoms with E-state index in [1.54, 1.807) is 18.2 Å². The van der Waals surface area contributed by atoms with Gasteiger partial charge in [-0.25, -0.2) is 13.1 Å². The third-order valence-corrected chi connectivity index (χ3v) is 4.30. The molecule has 0 saturated carbocycles. The second-order valence-electron chi connectivity index (χ2n) is 4.33. The predicted octanol–water partition coefficient (Wildman–Crippen LogP) is 3.36. The summed E-state index contributed by atoms with van der Waals surface area (Å²) in [6, 6.07) is 8.01.